The summed E-state index contributed by atoms with van der Waals surface area (Å²) in [7, 11) is -6.35. The van der Waals surface area contributed by atoms with Crippen LogP contribution in [0.15, 0.2) is 30.3 Å². The molecule has 0 spiro atoms. The molecule has 0 heterocycles. The summed E-state index contributed by atoms with van der Waals surface area (Å²) in [4.78, 5) is 37.2. The van der Waals surface area contributed by atoms with Crippen LogP contribution in [0.4, 0.5) is 0 Å². The van der Waals surface area contributed by atoms with Gasteiger partial charge in [0.1, 0.15) is 0 Å². The summed E-state index contributed by atoms with van der Waals surface area (Å²) >= 11 is 0. The Morgan fingerprint density at radius 1 is 1.08 bits per heavy atom. The zero-order chi connectivity index (χ0) is 9.27. The third-order valence-electron chi connectivity index (χ3n) is 1.00. The van der Waals surface area contributed by atoms with Crippen molar-refractivity contribution in [2.24, 2.45) is 0 Å². The molecular weight excluding hydrogens is 183 g/mol. The molecule has 0 fully saturated rings. The van der Waals surface area contributed by atoms with Crippen LogP contribution in [0.1, 0.15) is 0 Å². The van der Waals surface area contributed by atoms with Crippen LogP contribution in [-0.2, 0) is 0 Å². The molecule has 0 radical (unpaired) electrons. The molecule has 5 nitrogen and oxygen atoms in total. The van der Waals surface area contributed by atoms with Crippen LogP contribution in [0.5, 0.6) is 5.75 Å². The molecule has 0 atom stereocenters. The number of hydrogen-bond donors (Lipinski definition) is 2. The topological polar surface area (TPSA) is 95.8 Å². The first-order valence-electron chi connectivity index (χ1n) is 3.06. The van der Waals surface area contributed by atoms with Crippen LogP contribution in [0, 0.1) is 0 Å². The fourth-order valence-corrected chi connectivity index (χ4v) is 1.14. The quantitative estimate of drug-likeness (QED) is 0.577. The summed E-state index contributed by atoms with van der Waals surface area (Å²) in [5, 5.41) is 0. The standard InChI is InChI=1S/C6H7O5P/c7-12(8,9,10)11-6-4-2-1-3-5-6/h1-5,7-8H/q-2. The molecule has 0 saturated carbocycles. The Morgan fingerprint density at radius 2 is 1.58 bits per heavy atom. The molecular formula is C6H7O5P-2. The molecule has 0 amide bonds. The van der Waals surface area contributed by atoms with Crippen LogP contribution in [0.3, 0.4) is 0 Å². The Hall–Kier alpha value is -0.710. The molecule has 1 aromatic rings. The molecule has 68 valence electrons. The van der Waals surface area contributed by atoms with Crippen molar-refractivity contribution in [2.75, 3.05) is 0 Å². The van der Waals surface area contributed by atoms with Gasteiger partial charge in [0, 0.05) is 0 Å². The fourth-order valence-electron chi connectivity index (χ4n) is 0.662. The molecule has 0 aliphatic carbocycles. The van der Waals surface area contributed by atoms with Crippen molar-refractivity contribution < 1.29 is 24.1 Å². The van der Waals surface area contributed by atoms with E-state index in [-0.39, 0.29) is 5.75 Å². The van der Waals surface area contributed by atoms with Gasteiger partial charge in [-0.15, -0.1) is 0 Å². The van der Waals surface area contributed by atoms with Crippen molar-refractivity contribution in [3.05, 3.63) is 30.3 Å². The summed E-state index contributed by atoms with van der Waals surface area (Å²) in [5.74, 6) is -0.148. The van der Waals surface area contributed by atoms with Crippen molar-refractivity contribution >= 4 is 7.74 Å². The van der Waals surface area contributed by atoms with Crippen molar-refractivity contribution in [3.8, 4) is 5.75 Å². The minimum absolute atomic E-state index is 0.148. The maximum atomic E-state index is 10.3. The second kappa shape index (κ2) is 2.65. The molecule has 6 heteroatoms. The van der Waals surface area contributed by atoms with Crippen LogP contribution in [0.2, 0.25) is 0 Å². The van der Waals surface area contributed by atoms with Gasteiger partial charge in [-0.3, -0.25) is 0 Å². The van der Waals surface area contributed by atoms with Gasteiger partial charge in [0.15, 0.2) is 0 Å². The zero-order valence-corrected chi connectivity index (χ0v) is 6.85. The van der Waals surface area contributed by atoms with Gasteiger partial charge in [-0.05, 0) is 0 Å². The summed E-state index contributed by atoms with van der Waals surface area (Å²) < 4.78 is 3.92. The van der Waals surface area contributed by atoms with Gasteiger partial charge in [0.2, 0.25) is 0 Å². The number of rotatable bonds is 2. The van der Waals surface area contributed by atoms with E-state index in [1.165, 1.54) is 24.3 Å². The molecule has 0 aliphatic rings. The normalized spacial score (nSPS) is 14.8. The zero-order valence-electron chi connectivity index (χ0n) is 5.95. The van der Waals surface area contributed by atoms with Gasteiger partial charge in [-0.1, -0.05) is 0 Å². The van der Waals surface area contributed by atoms with E-state index in [2.05, 4.69) is 4.52 Å². The molecule has 0 aromatic heterocycles. The Balaban J connectivity index is 2.79. The van der Waals surface area contributed by atoms with Gasteiger partial charge < -0.3 is 0 Å². The van der Waals surface area contributed by atoms with E-state index in [1.807, 2.05) is 0 Å². The Bertz CT molecular complexity index is 255. The van der Waals surface area contributed by atoms with Crippen LogP contribution >= 0.6 is 7.74 Å². The summed E-state index contributed by atoms with van der Waals surface area (Å²) in [6, 6.07) is 7.19. The van der Waals surface area contributed by atoms with Crippen molar-refractivity contribution in [3.63, 3.8) is 0 Å². The van der Waals surface area contributed by atoms with E-state index >= 15 is 0 Å². The first-order chi connectivity index (χ1) is 5.33. The van der Waals surface area contributed by atoms with Gasteiger partial charge >= 0.3 is 67.9 Å². The number of para-hydroxylation sites is 1. The van der Waals surface area contributed by atoms with E-state index in [4.69, 9.17) is 9.79 Å². The molecule has 2 N–H and O–H groups in total. The third-order valence-corrected chi connectivity index (χ3v) is 1.53. The van der Waals surface area contributed by atoms with Crippen molar-refractivity contribution in [1.29, 1.82) is 0 Å². The van der Waals surface area contributed by atoms with E-state index < -0.39 is 7.74 Å². The number of hydrogen-bond acceptors (Lipinski definition) is 5. The first kappa shape index (κ1) is 9.38. The fraction of sp³-hybridized carbons (Fsp3) is 0. The van der Waals surface area contributed by atoms with Crippen LogP contribution in [-0.4, -0.2) is 9.79 Å². The first-order valence-corrected chi connectivity index (χ1v) is 4.96. The van der Waals surface area contributed by atoms with E-state index in [9.17, 15) is 9.79 Å². The summed E-state index contributed by atoms with van der Waals surface area (Å²) in [6.45, 7) is 0. The van der Waals surface area contributed by atoms with Crippen molar-refractivity contribution in [2.45, 2.75) is 0 Å². The van der Waals surface area contributed by atoms with Gasteiger partial charge in [-0.2, -0.15) is 0 Å². The Morgan fingerprint density at radius 3 is 2.00 bits per heavy atom. The van der Waals surface area contributed by atoms with Crippen LogP contribution < -0.4 is 14.3 Å². The molecule has 0 aliphatic heterocycles. The second-order valence-corrected chi connectivity index (χ2v) is 4.00. The van der Waals surface area contributed by atoms with Gasteiger partial charge in [-0.25, -0.2) is 0 Å². The number of benzene rings is 1. The van der Waals surface area contributed by atoms with Gasteiger partial charge in [0.05, 0.1) is 0 Å². The SMILES string of the molecule is [O-]P([O-])(O)(O)Oc1ccccc1. The average molecular weight is 190 g/mol. The monoisotopic (exact) mass is 190 g/mol. The molecule has 12 heavy (non-hydrogen) atoms. The maximum absolute atomic E-state index is 10.3. The van der Waals surface area contributed by atoms with Gasteiger partial charge in [0.25, 0.3) is 0 Å². The van der Waals surface area contributed by atoms with E-state index in [1.54, 1.807) is 6.07 Å². The second-order valence-electron chi connectivity index (χ2n) is 2.21. The molecule has 0 unspecified atom stereocenters. The summed E-state index contributed by atoms with van der Waals surface area (Å²) in [5.41, 5.74) is 0. The Labute approximate surface area is 68.8 Å². The molecule has 1 rings (SSSR count). The van der Waals surface area contributed by atoms with E-state index in [0.29, 0.717) is 0 Å². The van der Waals surface area contributed by atoms with E-state index in [0.717, 1.165) is 0 Å². The average Bonchev–Trinajstić information content (AvgIpc) is 1.83. The van der Waals surface area contributed by atoms with Crippen LogP contribution in [0.25, 0.3) is 0 Å². The molecule has 0 saturated heterocycles. The predicted molar refractivity (Wildman–Crippen MR) is 38.4 cm³/mol. The summed E-state index contributed by atoms with van der Waals surface area (Å²) in [6.07, 6.45) is 0. The molecule has 1 aromatic carbocycles. The Kier molecular flexibility index (Phi) is 2.07. The minimum atomic E-state index is -6.35. The third kappa shape index (κ3) is 3.61. The van der Waals surface area contributed by atoms with Crippen molar-refractivity contribution in [1.82, 2.24) is 0 Å². The molecule has 0 bridgehead atoms. The predicted octanol–water partition coefficient (Wildman–Crippen LogP) is -1.10.